The van der Waals surface area contributed by atoms with Gasteiger partial charge in [-0.25, -0.2) is 0 Å². The molecule has 5 nitrogen and oxygen atoms in total. The first-order valence-electron chi connectivity index (χ1n) is 7.92. The predicted octanol–water partition coefficient (Wildman–Crippen LogP) is 1.47. The second-order valence-electron chi connectivity index (χ2n) is 6.13. The average molecular weight is 308 g/mol. The van der Waals surface area contributed by atoms with Crippen molar-refractivity contribution in [3.8, 4) is 0 Å². The highest BCUT2D eigenvalue weighted by atomic mass is 16.7. The maximum absolute atomic E-state index is 10.4. The summed E-state index contributed by atoms with van der Waals surface area (Å²) >= 11 is 0. The third kappa shape index (κ3) is 3.05. The monoisotopic (exact) mass is 308 g/mol. The molecule has 0 radical (unpaired) electrons. The molecular formula is C17H24O5. The summed E-state index contributed by atoms with van der Waals surface area (Å²) in [5.74, 6) is -1.23. The van der Waals surface area contributed by atoms with Crippen molar-refractivity contribution in [2.75, 3.05) is 13.2 Å². The van der Waals surface area contributed by atoms with Crippen LogP contribution in [0.5, 0.6) is 0 Å². The molecule has 1 saturated carbocycles. The van der Waals surface area contributed by atoms with Gasteiger partial charge in [0.1, 0.15) is 0 Å². The predicted molar refractivity (Wildman–Crippen MR) is 80.1 cm³/mol. The van der Waals surface area contributed by atoms with Crippen LogP contribution in [-0.4, -0.2) is 47.5 Å². The molecule has 4 atom stereocenters. The molecule has 1 aliphatic heterocycles. The van der Waals surface area contributed by atoms with Gasteiger partial charge in [-0.15, -0.1) is 0 Å². The summed E-state index contributed by atoms with van der Waals surface area (Å²) in [7, 11) is 0. The van der Waals surface area contributed by atoms with Crippen molar-refractivity contribution in [3.63, 3.8) is 0 Å². The number of aliphatic hydroxyl groups excluding tert-OH is 2. The van der Waals surface area contributed by atoms with Crippen LogP contribution in [0.1, 0.15) is 25.3 Å². The van der Waals surface area contributed by atoms with Crippen molar-refractivity contribution in [1.82, 2.24) is 0 Å². The van der Waals surface area contributed by atoms with Crippen molar-refractivity contribution in [2.45, 2.75) is 50.5 Å². The van der Waals surface area contributed by atoms with Gasteiger partial charge in [0.05, 0.1) is 44.1 Å². The minimum Gasteiger partial charge on any atom is -0.390 e. The second kappa shape index (κ2) is 6.64. The highest BCUT2D eigenvalue weighted by molar-refractivity contribution is 5.13. The molecule has 5 heteroatoms. The van der Waals surface area contributed by atoms with E-state index in [1.807, 2.05) is 37.3 Å². The quantitative estimate of drug-likeness (QED) is 0.881. The number of ether oxygens (including phenoxy) is 3. The number of benzene rings is 1. The first-order chi connectivity index (χ1) is 10.6. The summed E-state index contributed by atoms with van der Waals surface area (Å²) < 4.78 is 17.6. The molecule has 0 bridgehead atoms. The number of hydrogen-bond donors (Lipinski definition) is 2. The Balaban J connectivity index is 1.70. The molecular weight excluding hydrogens is 284 g/mol. The van der Waals surface area contributed by atoms with E-state index in [4.69, 9.17) is 14.2 Å². The summed E-state index contributed by atoms with van der Waals surface area (Å²) in [5.41, 5.74) is 1.07. The van der Waals surface area contributed by atoms with Crippen LogP contribution in [-0.2, 0) is 20.8 Å². The SMILES string of the molecule is C[C@H](OCc1ccccc1)[C@H]1[C@H](O)[C@H](O)CCC12OCCO2. The Bertz CT molecular complexity index is 471. The van der Waals surface area contributed by atoms with E-state index in [-0.39, 0.29) is 6.10 Å². The smallest absolute Gasteiger partial charge is 0.176 e. The Kier molecular flexibility index (Phi) is 4.80. The molecule has 0 unspecified atom stereocenters. The zero-order valence-electron chi connectivity index (χ0n) is 12.9. The van der Waals surface area contributed by atoms with Crippen molar-refractivity contribution < 1.29 is 24.4 Å². The molecule has 1 saturated heterocycles. The molecule has 1 heterocycles. The summed E-state index contributed by atoms with van der Waals surface area (Å²) in [4.78, 5) is 0. The second-order valence-corrected chi connectivity index (χ2v) is 6.13. The Morgan fingerprint density at radius 1 is 1.23 bits per heavy atom. The summed E-state index contributed by atoms with van der Waals surface area (Å²) in [6, 6.07) is 9.89. The lowest BCUT2D eigenvalue weighted by atomic mass is 9.76. The molecule has 2 N–H and O–H groups in total. The van der Waals surface area contributed by atoms with Gasteiger partial charge in [0, 0.05) is 6.42 Å². The van der Waals surface area contributed by atoms with Crippen LogP contribution < -0.4 is 0 Å². The van der Waals surface area contributed by atoms with Gasteiger partial charge in [-0.2, -0.15) is 0 Å². The molecule has 22 heavy (non-hydrogen) atoms. The van der Waals surface area contributed by atoms with Crippen LogP contribution >= 0.6 is 0 Å². The van der Waals surface area contributed by atoms with Gasteiger partial charge in [-0.1, -0.05) is 30.3 Å². The standard InChI is InChI=1S/C17H24O5/c1-12(20-11-13-5-3-2-4-6-13)15-16(19)14(18)7-8-17(15)21-9-10-22-17/h2-6,12,14-16,18-19H,7-11H2,1H3/t12-,14+,15-,16+/m0/s1. The molecule has 1 spiro atoms. The lowest BCUT2D eigenvalue weighted by Gasteiger charge is -2.46. The van der Waals surface area contributed by atoms with Crippen LogP contribution in [0.3, 0.4) is 0 Å². The highest BCUT2D eigenvalue weighted by Crippen LogP contribution is 2.43. The molecule has 1 aliphatic carbocycles. The fourth-order valence-corrected chi connectivity index (χ4v) is 3.53. The van der Waals surface area contributed by atoms with Gasteiger partial charge < -0.3 is 24.4 Å². The highest BCUT2D eigenvalue weighted by Gasteiger charge is 2.55. The Morgan fingerprint density at radius 3 is 2.59 bits per heavy atom. The van der Waals surface area contributed by atoms with Crippen molar-refractivity contribution >= 4 is 0 Å². The van der Waals surface area contributed by atoms with Gasteiger partial charge in [0.2, 0.25) is 0 Å². The summed E-state index contributed by atoms with van der Waals surface area (Å²) in [5, 5.41) is 20.4. The van der Waals surface area contributed by atoms with E-state index in [2.05, 4.69) is 0 Å². The van der Waals surface area contributed by atoms with Crippen LogP contribution in [0.4, 0.5) is 0 Å². The fraction of sp³-hybridized carbons (Fsp3) is 0.647. The van der Waals surface area contributed by atoms with Gasteiger partial charge in [0.15, 0.2) is 5.79 Å². The molecule has 2 fully saturated rings. The molecule has 1 aromatic rings. The van der Waals surface area contributed by atoms with E-state index < -0.39 is 23.9 Å². The van der Waals surface area contributed by atoms with Crippen LogP contribution in [0.25, 0.3) is 0 Å². The average Bonchev–Trinajstić information content (AvgIpc) is 3.00. The van der Waals surface area contributed by atoms with Crippen LogP contribution in [0, 0.1) is 5.92 Å². The van der Waals surface area contributed by atoms with E-state index >= 15 is 0 Å². The Hall–Kier alpha value is -0.980. The number of rotatable bonds is 4. The van der Waals surface area contributed by atoms with Gasteiger partial charge in [-0.3, -0.25) is 0 Å². The fourth-order valence-electron chi connectivity index (χ4n) is 3.53. The van der Waals surface area contributed by atoms with Crippen molar-refractivity contribution in [3.05, 3.63) is 35.9 Å². The summed E-state index contributed by atoms with van der Waals surface area (Å²) in [6.07, 6.45) is -0.898. The van der Waals surface area contributed by atoms with Crippen LogP contribution in [0.2, 0.25) is 0 Å². The molecule has 3 rings (SSSR count). The Labute approximate surface area is 130 Å². The lowest BCUT2D eigenvalue weighted by molar-refractivity contribution is -0.277. The molecule has 2 aliphatic rings. The van der Waals surface area contributed by atoms with Crippen LogP contribution in [0.15, 0.2) is 30.3 Å². The van der Waals surface area contributed by atoms with Gasteiger partial charge >= 0.3 is 0 Å². The summed E-state index contributed by atoms with van der Waals surface area (Å²) in [6.45, 7) is 3.40. The van der Waals surface area contributed by atoms with Gasteiger partial charge in [0.25, 0.3) is 0 Å². The number of hydrogen-bond acceptors (Lipinski definition) is 5. The Morgan fingerprint density at radius 2 is 1.91 bits per heavy atom. The van der Waals surface area contributed by atoms with E-state index in [0.717, 1.165) is 5.56 Å². The minimum absolute atomic E-state index is 0.289. The lowest BCUT2D eigenvalue weighted by Crippen LogP contribution is -2.58. The van der Waals surface area contributed by atoms with E-state index in [9.17, 15) is 10.2 Å². The molecule has 0 aromatic heterocycles. The molecule has 0 amide bonds. The molecule has 1 aromatic carbocycles. The third-order valence-electron chi connectivity index (χ3n) is 4.70. The van der Waals surface area contributed by atoms with Crippen molar-refractivity contribution in [2.24, 2.45) is 5.92 Å². The third-order valence-corrected chi connectivity index (χ3v) is 4.70. The van der Waals surface area contributed by atoms with E-state index in [0.29, 0.717) is 32.7 Å². The normalized spacial score (nSPS) is 32.2. The number of aliphatic hydroxyl groups is 2. The van der Waals surface area contributed by atoms with Crippen molar-refractivity contribution in [1.29, 1.82) is 0 Å². The maximum atomic E-state index is 10.4. The minimum atomic E-state index is -0.905. The first kappa shape index (κ1) is 15.9. The van der Waals surface area contributed by atoms with Gasteiger partial charge in [-0.05, 0) is 18.9 Å². The topological polar surface area (TPSA) is 68.2 Å². The first-order valence-corrected chi connectivity index (χ1v) is 7.92. The zero-order valence-corrected chi connectivity index (χ0v) is 12.9. The van der Waals surface area contributed by atoms with E-state index in [1.54, 1.807) is 0 Å². The van der Waals surface area contributed by atoms with E-state index in [1.165, 1.54) is 0 Å². The molecule has 122 valence electrons. The maximum Gasteiger partial charge on any atom is 0.176 e. The zero-order chi connectivity index (χ0) is 15.6. The largest absolute Gasteiger partial charge is 0.390 e.